The topological polar surface area (TPSA) is 63.1 Å². The smallest absolute Gasteiger partial charge is 0.340 e. The molecule has 4 nitrogen and oxygen atoms in total. The number of carbonyl (C=O) groups is 1. The van der Waals surface area contributed by atoms with Gasteiger partial charge in [0.1, 0.15) is 16.4 Å². The van der Waals surface area contributed by atoms with E-state index in [1.54, 1.807) is 19.1 Å². The monoisotopic (exact) mass is 432 g/mol. The molecule has 3 rings (SSSR count). The van der Waals surface area contributed by atoms with Crippen LogP contribution >= 0.6 is 27.7 Å². The van der Waals surface area contributed by atoms with Gasteiger partial charge in [-0.2, -0.15) is 0 Å². The summed E-state index contributed by atoms with van der Waals surface area (Å²) in [7, 11) is 0. The molecule has 0 aliphatic heterocycles. The first-order valence-corrected chi connectivity index (χ1v) is 9.47. The number of halogens is 2. The number of aromatic nitrogens is 2. The number of hydrogen-bond acceptors (Lipinski definition) is 4. The van der Waals surface area contributed by atoms with Crippen molar-refractivity contribution in [1.29, 1.82) is 0 Å². The molecule has 1 heterocycles. The fourth-order valence-electron chi connectivity index (χ4n) is 2.40. The number of carboxylic acid groups (broad SMARTS) is 1. The molecule has 3 aromatic rings. The second-order valence-corrected chi connectivity index (χ2v) is 7.42. The van der Waals surface area contributed by atoms with E-state index in [0.29, 0.717) is 22.3 Å². The Morgan fingerprint density at radius 2 is 1.92 bits per heavy atom. The predicted octanol–water partition coefficient (Wildman–Crippen LogP) is 5.34. The maximum Gasteiger partial charge on any atom is 0.340 e. The molecular formula is C19H14BrFN2O2S. The summed E-state index contributed by atoms with van der Waals surface area (Å²) in [6.07, 6.45) is 0. The molecule has 0 unspecified atom stereocenters. The molecule has 0 bridgehead atoms. The molecule has 0 saturated carbocycles. The van der Waals surface area contributed by atoms with E-state index in [1.807, 2.05) is 24.3 Å². The van der Waals surface area contributed by atoms with Crippen LogP contribution in [0.5, 0.6) is 0 Å². The largest absolute Gasteiger partial charge is 0.478 e. The molecule has 0 fully saturated rings. The Morgan fingerprint density at radius 3 is 2.58 bits per heavy atom. The Balaban J connectivity index is 1.98. The van der Waals surface area contributed by atoms with Gasteiger partial charge in [0.05, 0.1) is 5.69 Å². The summed E-state index contributed by atoms with van der Waals surface area (Å²) in [5.41, 5.74) is 2.02. The average Bonchev–Trinajstić information content (AvgIpc) is 2.60. The molecular weight excluding hydrogens is 419 g/mol. The van der Waals surface area contributed by atoms with E-state index in [0.717, 1.165) is 15.6 Å². The highest BCUT2D eigenvalue weighted by molar-refractivity contribution is 9.10. The third kappa shape index (κ3) is 4.28. The number of carboxylic acids is 1. The highest BCUT2D eigenvalue weighted by atomic mass is 79.9. The maximum atomic E-state index is 13.3. The lowest BCUT2D eigenvalue weighted by Crippen LogP contribution is -2.08. The van der Waals surface area contributed by atoms with Crippen LogP contribution < -0.4 is 0 Å². The van der Waals surface area contributed by atoms with Crippen LogP contribution in [0.1, 0.15) is 21.6 Å². The molecule has 0 atom stereocenters. The van der Waals surface area contributed by atoms with Gasteiger partial charge < -0.3 is 5.11 Å². The fraction of sp³-hybridized carbons (Fsp3) is 0.105. The molecule has 7 heteroatoms. The second kappa shape index (κ2) is 7.97. The summed E-state index contributed by atoms with van der Waals surface area (Å²) in [5.74, 6) is -0.529. The molecule has 2 aromatic carbocycles. The standard InChI is InChI=1S/C19H14BrFN2O2S/c1-11-16(19(24)25)18(26-10-12-3-2-4-15(21)9-12)23-17(22-11)13-5-7-14(20)8-6-13/h2-9H,10H2,1H3,(H,24,25). The van der Waals surface area contributed by atoms with Crippen LogP contribution in [0.4, 0.5) is 4.39 Å². The number of nitrogens with zero attached hydrogens (tertiary/aromatic N) is 2. The van der Waals surface area contributed by atoms with E-state index in [4.69, 9.17) is 0 Å². The number of aryl methyl sites for hydroxylation is 1. The minimum Gasteiger partial charge on any atom is -0.478 e. The van der Waals surface area contributed by atoms with Gasteiger partial charge in [0.25, 0.3) is 0 Å². The van der Waals surface area contributed by atoms with Gasteiger partial charge in [-0.1, -0.05) is 40.2 Å². The van der Waals surface area contributed by atoms with Crippen molar-refractivity contribution in [2.45, 2.75) is 17.7 Å². The Morgan fingerprint density at radius 1 is 1.19 bits per heavy atom. The van der Waals surface area contributed by atoms with Gasteiger partial charge in [0, 0.05) is 15.8 Å². The van der Waals surface area contributed by atoms with Crippen molar-refractivity contribution in [2.24, 2.45) is 0 Å². The minimum atomic E-state index is -1.08. The van der Waals surface area contributed by atoms with Gasteiger partial charge in [-0.05, 0) is 36.8 Å². The molecule has 0 spiro atoms. The van der Waals surface area contributed by atoms with Crippen molar-refractivity contribution < 1.29 is 14.3 Å². The van der Waals surface area contributed by atoms with E-state index in [2.05, 4.69) is 25.9 Å². The average molecular weight is 433 g/mol. The summed E-state index contributed by atoms with van der Waals surface area (Å²) < 4.78 is 14.3. The van der Waals surface area contributed by atoms with Crippen LogP contribution in [-0.2, 0) is 5.75 Å². The van der Waals surface area contributed by atoms with Gasteiger partial charge >= 0.3 is 5.97 Å². The summed E-state index contributed by atoms with van der Waals surface area (Å²) >= 11 is 4.64. The first-order valence-electron chi connectivity index (χ1n) is 7.69. The zero-order valence-corrected chi connectivity index (χ0v) is 16.1. The summed E-state index contributed by atoms with van der Waals surface area (Å²) in [6, 6.07) is 13.7. The number of rotatable bonds is 5. The third-order valence-electron chi connectivity index (χ3n) is 3.64. The fourth-order valence-corrected chi connectivity index (χ4v) is 3.68. The van der Waals surface area contributed by atoms with Crippen molar-refractivity contribution in [1.82, 2.24) is 9.97 Å². The van der Waals surface area contributed by atoms with Gasteiger partial charge in [-0.15, -0.1) is 11.8 Å². The van der Waals surface area contributed by atoms with Gasteiger partial charge in [-0.3, -0.25) is 0 Å². The van der Waals surface area contributed by atoms with Crippen molar-refractivity contribution in [3.8, 4) is 11.4 Å². The van der Waals surface area contributed by atoms with E-state index in [9.17, 15) is 14.3 Å². The normalized spacial score (nSPS) is 10.7. The summed E-state index contributed by atoms with van der Waals surface area (Å²) in [5, 5.41) is 9.89. The molecule has 26 heavy (non-hydrogen) atoms. The van der Waals surface area contributed by atoms with Crippen molar-refractivity contribution in [3.63, 3.8) is 0 Å². The van der Waals surface area contributed by atoms with Gasteiger partial charge in [-0.25, -0.2) is 19.2 Å². The predicted molar refractivity (Wildman–Crippen MR) is 103 cm³/mol. The lowest BCUT2D eigenvalue weighted by Gasteiger charge is -2.10. The van der Waals surface area contributed by atoms with Crippen LogP contribution in [-0.4, -0.2) is 21.0 Å². The zero-order valence-electron chi connectivity index (χ0n) is 13.7. The van der Waals surface area contributed by atoms with Gasteiger partial charge in [0.2, 0.25) is 0 Å². The molecule has 0 saturated heterocycles. The molecule has 0 aliphatic carbocycles. The molecule has 0 radical (unpaired) electrons. The maximum absolute atomic E-state index is 13.3. The SMILES string of the molecule is Cc1nc(-c2ccc(Br)cc2)nc(SCc2cccc(F)c2)c1C(=O)O. The highest BCUT2D eigenvalue weighted by Crippen LogP contribution is 2.29. The lowest BCUT2D eigenvalue weighted by atomic mass is 10.2. The van der Waals surface area contributed by atoms with E-state index in [-0.39, 0.29) is 11.4 Å². The molecule has 0 aliphatic rings. The Kier molecular flexibility index (Phi) is 5.68. The zero-order chi connectivity index (χ0) is 18.7. The molecule has 132 valence electrons. The van der Waals surface area contributed by atoms with Crippen molar-refractivity contribution in [2.75, 3.05) is 0 Å². The van der Waals surface area contributed by atoms with E-state index in [1.165, 1.54) is 23.9 Å². The van der Waals surface area contributed by atoms with E-state index >= 15 is 0 Å². The molecule has 1 aromatic heterocycles. The molecule has 0 amide bonds. The Labute approximate surface area is 162 Å². The van der Waals surface area contributed by atoms with Crippen LogP contribution in [0, 0.1) is 12.7 Å². The first kappa shape index (κ1) is 18.5. The number of aromatic carboxylic acids is 1. The van der Waals surface area contributed by atoms with Crippen LogP contribution in [0.15, 0.2) is 58.0 Å². The number of thioether (sulfide) groups is 1. The van der Waals surface area contributed by atoms with E-state index < -0.39 is 5.97 Å². The second-order valence-electron chi connectivity index (χ2n) is 5.54. The number of hydrogen-bond donors (Lipinski definition) is 1. The van der Waals surface area contributed by atoms with Crippen molar-refractivity contribution in [3.05, 3.63) is 75.6 Å². The quantitative estimate of drug-likeness (QED) is 0.435. The third-order valence-corrected chi connectivity index (χ3v) is 5.21. The lowest BCUT2D eigenvalue weighted by molar-refractivity contribution is 0.0690. The van der Waals surface area contributed by atoms with Crippen LogP contribution in [0.2, 0.25) is 0 Å². The Bertz CT molecular complexity index is 964. The highest BCUT2D eigenvalue weighted by Gasteiger charge is 2.19. The number of benzene rings is 2. The Hall–Kier alpha value is -2.25. The van der Waals surface area contributed by atoms with Crippen molar-refractivity contribution >= 4 is 33.7 Å². The van der Waals surface area contributed by atoms with Gasteiger partial charge in [0.15, 0.2) is 5.82 Å². The van der Waals surface area contributed by atoms with Crippen LogP contribution in [0.3, 0.4) is 0 Å². The summed E-state index contributed by atoms with van der Waals surface area (Å²) in [4.78, 5) is 20.4. The molecule has 1 N–H and O–H groups in total. The minimum absolute atomic E-state index is 0.0762. The van der Waals surface area contributed by atoms with Crippen LogP contribution in [0.25, 0.3) is 11.4 Å². The summed E-state index contributed by atoms with van der Waals surface area (Å²) in [6.45, 7) is 1.65. The first-order chi connectivity index (χ1) is 12.4.